The third-order valence-corrected chi connectivity index (χ3v) is 2.82. The molecule has 1 aliphatic rings. The third-order valence-electron chi connectivity index (χ3n) is 2.82. The second-order valence-corrected chi connectivity index (χ2v) is 3.90. The third kappa shape index (κ3) is 1.72. The number of hydrogen-bond acceptors (Lipinski definition) is 4. The number of nitrogens with zero attached hydrogens (tertiary/aromatic N) is 4. The van der Waals surface area contributed by atoms with Gasteiger partial charge in [0.1, 0.15) is 0 Å². The molecule has 1 fully saturated rings. The van der Waals surface area contributed by atoms with Gasteiger partial charge in [-0.25, -0.2) is 9.97 Å². The van der Waals surface area contributed by atoms with E-state index in [4.69, 9.17) is 5.73 Å². The van der Waals surface area contributed by atoms with Crippen LogP contribution in [-0.2, 0) is 0 Å². The molecular weight excluding hydrogens is 226 g/mol. The molecular formula is C10H14ClN5. The molecule has 86 valence electrons. The number of fused-ring (bicyclic) bond motifs is 1. The van der Waals surface area contributed by atoms with E-state index in [0.717, 1.165) is 31.0 Å². The van der Waals surface area contributed by atoms with Crippen LogP contribution in [0.4, 0.5) is 5.82 Å². The van der Waals surface area contributed by atoms with E-state index >= 15 is 0 Å². The zero-order valence-electron chi connectivity index (χ0n) is 8.78. The van der Waals surface area contributed by atoms with Crippen LogP contribution in [-0.4, -0.2) is 33.5 Å². The molecule has 0 aliphatic carbocycles. The SMILES string of the molecule is Cl.NC1CCN(c2nccn3ccnc23)C1. The van der Waals surface area contributed by atoms with Gasteiger partial charge in [0.05, 0.1) is 0 Å². The molecule has 0 amide bonds. The maximum atomic E-state index is 5.89. The summed E-state index contributed by atoms with van der Waals surface area (Å²) < 4.78 is 1.98. The molecule has 3 heterocycles. The maximum absolute atomic E-state index is 5.89. The Morgan fingerprint density at radius 2 is 2.00 bits per heavy atom. The lowest BCUT2D eigenvalue weighted by Gasteiger charge is -2.16. The molecule has 0 saturated carbocycles. The lowest BCUT2D eigenvalue weighted by molar-refractivity contribution is 0.751. The molecule has 5 nitrogen and oxygen atoms in total. The van der Waals surface area contributed by atoms with Gasteiger partial charge >= 0.3 is 0 Å². The van der Waals surface area contributed by atoms with Crippen LogP contribution in [0.5, 0.6) is 0 Å². The van der Waals surface area contributed by atoms with E-state index in [1.54, 1.807) is 12.4 Å². The molecule has 6 heteroatoms. The summed E-state index contributed by atoms with van der Waals surface area (Å²) in [4.78, 5) is 10.9. The van der Waals surface area contributed by atoms with Crippen molar-refractivity contribution in [2.75, 3.05) is 18.0 Å². The number of rotatable bonds is 1. The minimum atomic E-state index is 0. The molecule has 1 aliphatic heterocycles. The molecule has 3 rings (SSSR count). The van der Waals surface area contributed by atoms with Crippen molar-refractivity contribution < 1.29 is 0 Å². The Labute approximate surface area is 99.7 Å². The number of imidazole rings is 1. The van der Waals surface area contributed by atoms with Crippen LogP contribution in [0.15, 0.2) is 24.8 Å². The zero-order valence-corrected chi connectivity index (χ0v) is 9.60. The Kier molecular flexibility index (Phi) is 2.98. The van der Waals surface area contributed by atoms with Crippen LogP contribution < -0.4 is 10.6 Å². The number of halogens is 1. The summed E-state index contributed by atoms with van der Waals surface area (Å²) in [5.74, 6) is 0.940. The van der Waals surface area contributed by atoms with Crippen molar-refractivity contribution in [1.29, 1.82) is 0 Å². The molecule has 1 atom stereocenters. The van der Waals surface area contributed by atoms with Crippen molar-refractivity contribution in [3.8, 4) is 0 Å². The topological polar surface area (TPSA) is 59.5 Å². The minimum absolute atomic E-state index is 0. The Balaban J connectivity index is 0.000000963. The van der Waals surface area contributed by atoms with Gasteiger partial charge in [-0.3, -0.25) is 0 Å². The predicted molar refractivity (Wildman–Crippen MR) is 65.0 cm³/mol. The van der Waals surface area contributed by atoms with Crippen molar-refractivity contribution in [3.63, 3.8) is 0 Å². The van der Waals surface area contributed by atoms with Gasteiger partial charge in [0.25, 0.3) is 0 Å². The molecule has 0 bridgehead atoms. The van der Waals surface area contributed by atoms with Gasteiger partial charge in [-0.1, -0.05) is 0 Å². The quantitative estimate of drug-likeness (QED) is 0.796. The van der Waals surface area contributed by atoms with E-state index in [1.165, 1.54) is 0 Å². The highest BCUT2D eigenvalue weighted by Gasteiger charge is 2.22. The minimum Gasteiger partial charge on any atom is -0.352 e. The predicted octanol–water partition coefficient (Wildman–Crippen LogP) is 0.688. The lowest BCUT2D eigenvalue weighted by Crippen LogP contribution is -2.27. The fourth-order valence-electron chi connectivity index (χ4n) is 2.04. The summed E-state index contributed by atoms with van der Waals surface area (Å²) >= 11 is 0. The highest BCUT2D eigenvalue weighted by molar-refractivity contribution is 5.85. The van der Waals surface area contributed by atoms with Crippen molar-refractivity contribution in [2.24, 2.45) is 5.73 Å². The second kappa shape index (κ2) is 4.27. The first-order valence-electron chi connectivity index (χ1n) is 5.13. The Morgan fingerprint density at radius 3 is 2.69 bits per heavy atom. The summed E-state index contributed by atoms with van der Waals surface area (Å²) in [7, 11) is 0. The van der Waals surface area contributed by atoms with Crippen molar-refractivity contribution >= 4 is 23.9 Å². The van der Waals surface area contributed by atoms with Gasteiger partial charge in [0.2, 0.25) is 0 Å². The molecule has 1 unspecified atom stereocenters. The fraction of sp³-hybridized carbons (Fsp3) is 0.400. The Bertz CT molecular complexity index is 483. The zero-order chi connectivity index (χ0) is 10.3. The largest absolute Gasteiger partial charge is 0.352 e. The lowest BCUT2D eigenvalue weighted by atomic mass is 10.3. The number of hydrogen-bond donors (Lipinski definition) is 1. The van der Waals surface area contributed by atoms with Crippen molar-refractivity contribution in [1.82, 2.24) is 14.4 Å². The molecule has 2 aromatic heterocycles. The van der Waals surface area contributed by atoms with E-state index in [2.05, 4.69) is 14.9 Å². The van der Waals surface area contributed by atoms with Crippen LogP contribution in [0, 0.1) is 0 Å². The molecule has 2 N–H and O–H groups in total. The van der Waals surface area contributed by atoms with E-state index < -0.39 is 0 Å². The van der Waals surface area contributed by atoms with E-state index in [9.17, 15) is 0 Å². The van der Waals surface area contributed by atoms with Crippen LogP contribution in [0.3, 0.4) is 0 Å². The first kappa shape index (κ1) is 11.2. The first-order chi connectivity index (χ1) is 7.34. The molecule has 16 heavy (non-hydrogen) atoms. The van der Waals surface area contributed by atoms with Gasteiger partial charge in [0, 0.05) is 43.9 Å². The van der Waals surface area contributed by atoms with Crippen LogP contribution >= 0.6 is 12.4 Å². The highest BCUT2D eigenvalue weighted by Crippen LogP contribution is 2.20. The molecule has 0 radical (unpaired) electrons. The molecule has 0 spiro atoms. The first-order valence-corrected chi connectivity index (χ1v) is 5.13. The fourth-order valence-corrected chi connectivity index (χ4v) is 2.04. The average Bonchev–Trinajstić information content (AvgIpc) is 2.84. The van der Waals surface area contributed by atoms with Crippen LogP contribution in [0.2, 0.25) is 0 Å². The maximum Gasteiger partial charge on any atom is 0.180 e. The van der Waals surface area contributed by atoms with Crippen molar-refractivity contribution in [2.45, 2.75) is 12.5 Å². The van der Waals surface area contributed by atoms with Crippen LogP contribution in [0.1, 0.15) is 6.42 Å². The number of anilines is 1. The monoisotopic (exact) mass is 239 g/mol. The summed E-state index contributed by atoms with van der Waals surface area (Å²) in [5, 5.41) is 0. The molecule has 1 saturated heterocycles. The van der Waals surface area contributed by atoms with Gasteiger partial charge < -0.3 is 15.0 Å². The normalized spacial score (nSPS) is 20.1. The Hall–Kier alpha value is -1.33. The summed E-state index contributed by atoms with van der Waals surface area (Å²) in [6.07, 6.45) is 8.45. The molecule has 0 aromatic carbocycles. The standard InChI is InChI=1S/C10H13N5.ClH/c11-8-1-4-15(7-8)10-9-12-2-5-14(9)6-3-13-10;/h2-3,5-6,8H,1,4,7,11H2;1H. The summed E-state index contributed by atoms with van der Waals surface area (Å²) in [6, 6.07) is 0.266. The van der Waals surface area contributed by atoms with Gasteiger partial charge in [-0.05, 0) is 6.42 Å². The smallest absolute Gasteiger partial charge is 0.180 e. The van der Waals surface area contributed by atoms with Gasteiger partial charge in [-0.2, -0.15) is 0 Å². The number of nitrogens with two attached hydrogens (primary N) is 1. The second-order valence-electron chi connectivity index (χ2n) is 3.90. The van der Waals surface area contributed by atoms with Gasteiger partial charge in [0.15, 0.2) is 11.5 Å². The van der Waals surface area contributed by atoms with E-state index in [1.807, 2.05) is 16.8 Å². The summed E-state index contributed by atoms with van der Waals surface area (Å²) in [6.45, 7) is 1.85. The summed E-state index contributed by atoms with van der Waals surface area (Å²) in [5.41, 5.74) is 6.79. The number of aromatic nitrogens is 3. The van der Waals surface area contributed by atoms with Crippen molar-refractivity contribution in [3.05, 3.63) is 24.8 Å². The molecule has 2 aromatic rings. The highest BCUT2D eigenvalue weighted by atomic mass is 35.5. The van der Waals surface area contributed by atoms with E-state index in [0.29, 0.717) is 0 Å². The van der Waals surface area contributed by atoms with E-state index in [-0.39, 0.29) is 18.4 Å². The average molecular weight is 240 g/mol. The van der Waals surface area contributed by atoms with Crippen LogP contribution in [0.25, 0.3) is 5.65 Å². The Morgan fingerprint density at radius 1 is 1.25 bits per heavy atom. The van der Waals surface area contributed by atoms with Gasteiger partial charge in [-0.15, -0.1) is 12.4 Å².